The zero-order valence-electron chi connectivity index (χ0n) is 19.9. The van der Waals surface area contributed by atoms with Gasteiger partial charge in [-0.2, -0.15) is 0 Å². The minimum Gasteiger partial charge on any atom is -0.337 e. The molecule has 2 aromatic rings. The number of aromatic nitrogens is 2. The molecule has 0 fully saturated rings. The van der Waals surface area contributed by atoms with Gasteiger partial charge in [-0.05, 0) is 36.8 Å². The van der Waals surface area contributed by atoms with Gasteiger partial charge in [-0.25, -0.2) is 4.68 Å². The van der Waals surface area contributed by atoms with Gasteiger partial charge >= 0.3 is 0 Å². The van der Waals surface area contributed by atoms with E-state index in [0.717, 1.165) is 44.5 Å². The number of nitrogens with one attached hydrogen (secondary N) is 1. The third-order valence-corrected chi connectivity index (χ3v) is 6.30. The second-order valence-corrected chi connectivity index (χ2v) is 8.72. The molecule has 1 amide bonds. The quantitative estimate of drug-likeness (QED) is 0.399. The van der Waals surface area contributed by atoms with Crippen LogP contribution < -0.4 is 5.56 Å². The Kier molecular flexibility index (Phi) is 10.6. The van der Waals surface area contributed by atoms with Gasteiger partial charge in [0.15, 0.2) is 0 Å². The van der Waals surface area contributed by atoms with Crippen molar-refractivity contribution < 1.29 is 4.79 Å². The molecule has 0 radical (unpaired) electrons. The number of amides is 1. The number of unbranched alkanes of at least 4 members (excludes halogenated alkanes) is 2. The molecule has 0 aliphatic rings. The van der Waals surface area contributed by atoms with Crippen molar-refractivity contribution in [2.45, 2.75) is 79.1 Å². The molecule has 1 aromatic carbocycles. The summed E-state index contributed by atoms with van der Waals surface area (Å²) < 4.78 is 1.45. The van der Waals surface area contributed by atoms with Crippen LogP contribution >= 0.6 is 0 Å². The molecular weight excluding hydrogens is 386 g/mol. The highest BCUT2D eigenvalue weighted by Crippen LogP contribution is 2.20. The summed E-state index contributed by atoms with van der Waals surface area (Å²) in [5.74, 6) is 0.933. The molecule has 0 bridgehead atoms. The van der Waals surface area contributed by atoms with Gasteiger partial charge < -0.3 is 4.90 Å². The van der Waals surface area contributed by atoms with E-state index in [9.17, 15) is 9.59 Å². The second-order valence-electron chi connectivity index (χ2n) is 8.72. The summed E-state index contributed by atoms with van der Waals surface area (Å²) in [6, 6.07) is 10.8. The van der Waals surface area contributed by atoms with Crippen molar-refractivity contribution in [1.29, 1.82) is 0 Å². The molecule has 5 heteroatoms. The van der Waals surface area contributed by atoms with Crippen LogP contribution in [-0.4, -0.2) is 33.7 Å². The van der Waals surface area contributed by atoms with Crippen LogP contribution in [0.25, 0.3) is 5.69 Å². The molecule has 1 heterocycles. The van der Waals surface area contributed by atoms with E-state index in [1.165, 1.54) is 36.4 Å². The maximum absolute atomic E-state index is 13.5. The lowest BCUT2D eigenvalue weighted by Gasteiger charge is -2.30. The van der Waals surface area contributed by atoms with Crippen molar-refractivity contribution in [2.24, 2.45) is 11.8 Å². The first-order valence-electron chi connectivity index (χ1n) is 12.2. The Morgan fingerprint density at radius 2 is 1.48 bits per heavy atom. The standard InChI is InChI=1S/C26H41N3O2/c1-5-9-14-21(7-3)19-28(20-22(8-4)15-10-6-2)26(31)24-18-25(30)29(27-24)23-16-12-11-13-17-23/h11-13,16-18,21-22,27H,5-10,14-15,19-20H2,1-4H3. The minimum absolute atomic E-state index is 0.0586. The third-order valence-electron chi connectivity index (χ3n) is 6.30. The van der Waals surface area contributed by atoms with Crippen molar-refractivity contribution in [1.82, 2.24) is 14.7 Å². The predicted octanol–water partition coefficient (Wildman–Crippen LogP) is 6.04. The molecule has 2 unspecified atom stereocenters. The van der Waals surface area contributed by atoms with Gasteiger partial charge in [-0.3, -0.25) is 14.7 Å². The van der Waals surface area contributed by atoms with Crippen LogP contribution in [0.15, 0.2) is 41.2 Å². The number of rotatable bonds is 14. The topological polar surface area (TPSA) is 58.1 Å². The Morgan fingerprint density at radius 1 is 0.935 bits per heavy atom. The Morgan fingerprint density at radius 3 is 1.97 bits per heavy atom. The van der Waals surface area contributed by atoms with Crippen LogP contribution in [0.3, 0.4) is 0 Å². The van der Waals surface area contributed by atoms with Crippen LogP contribution in [0.1, 0.15) is 89.5 Å². The van der Waals surface area contributed by atoms with Crippen LogP contribution in [0.4, 0.5) is 0 Å². The maximum atomic E-state index is 13.5. The fraction of sp³-hybridized carbons (Fsp3) is 0.615. The van der Waals surface area contributed by atoms with Crippen molar-refractivity contribution in [2.75, 3.05) is 13.1 Å². The summed E-state index contributed by atoms with van der Waals surface area (Å²) in [5, 5.41) is 3.06. The average Bonchev–Trinajstić information content (AvgIpc) is 3.19. The molecule has 2 rings (SSSR count). The molecule has 2 atom stereocenters. The molecule has 5 nitrogen and oxygen atoms in total. The number of hydrogen-bond acceptors (Lipinski definition) is 2. The molecule has 31 heavy (non-hydrogen) atoms. The van der Waals surface area contributed by atoms with Gasteiger partial charge in [-0.1, -0.05) is 84.4 Å². The Bertz CT molecular complexity index is 807. The summed E-state index contributed by atoms with van der Waals surface area (Å²) in [5.41, 5.74) is 0.914. The minimum atomic E-state index is -0.203. The van der Waals surface area contributed by atoms with Gasteiger partial charge in [0.05, 0.1) is 5.69 Å². The van der Waals surface area contributed by atoms with Gasteiger partial charge in [0.25, 0.3) is 11.5 Å². The first kappa shape index (κ1) is 25.0. The monoisotopic (exact) mass is 427 g/mol. The average molecular weight is 428 g/mol. The number of nitrogens with zero attached hydrogens (tertiary/aromatic N) is 2. The SMILES string of the molecule is CCCCC(CC)CN(CC(CC)CCCC)C(=O)c1cc(=O)n(-c2ccccc2)[nH]1. The normalized spacial score (nSPS) is 13.2. The van der Waals surface area contributed by atoms with E-state index in [4.69, 9.17) is 0 Å². The van der Waals surface area contributed by atoms with E-state index in [1.54, 1.807) is 0 Å². The van der Waals surface area contributed by atoms with Crippen LogP contribution in [-0.2, 0) is 0 Å². The van der Waals surface area contributed by atoms with Crippen molar-refractivity contribution >= 4 is 5.91 Å². The Labute approximate surface area is 187 Å². The van der Waals surface area contributed by atoms with E-state index in [-0.39, 0.29) is 11.5 Å². The van der Waals surface area contributed by atoms with Gasteiger partial charge in [0.2, 0.25) is 0 Å². The number of H-pyrrole nitrogens is 1. The van der Waals surface area contributed by atoms with Crippen LogP contribution in [0.5, 0.6) is 0 Å². The number of aromatic amines is 1. The Balaban J connectivity index is 2.26. The lowest BCUT2D eigenvalue weighted by atomic mass is 9.95. The number of benzene rings is 1. The molecule has 0 saturated carbocycles. The van der Waals surface area contributed by atoms with E-state index in [2.05, 4.69) is 32.8 Å². The molecular formula is C26H41N3O2. The fourth-order valence-corrected chi connectivity index (χ4v) is 4.14. The highest BCUT2D eigenvalue weighted by atomic mass is 16.2. The summed E-state index contributed by atoms with van der Waals surface area (Å²) in [4.78, 5) is 28.1. The molecule has 172 valence electrons. The van der Waals surface area contributed by atoms with E-state index < -0.39 is 0 Å². The lowest BCUT2D eigenvalue weighted by Crippen LogP contribution is -2.39. The molecule has 0 saturated heterocycles. The summed E-state index contributed by atoms with van der Waals surface area (Å²) in [6.07, 6.45) is 9.14. The molecule has 0 spiro atoms. The molecule has 0 aliphatic heterocycles. The van der Waals surface area contributed by atoms with Gasteiger partial charge in [0, 0.05) is 19.2 Å². The molecule has 0 aliphatic carbocycles. The van der Waals surface area contributed by atoms with Crippen molar-refractivity contribution in [3.05, 3.63) is 52.4 Å². The summed E-state index contributed by atoms with van der Waals surface area (Å²) in [6.45, 7) is 10.4. The summed E-state index contributed by atoms with van der Waals surface area (Å²) >= 11 is 0. The number of carbonyl (C=O) groups excluding carboxylic acids is 1. The van der Waals surface area contributed by atoms with E-state index in [0.29, 0.717) is 17.5 Å². The zero-order valence-corrected chi connectivity index (χ0v) is 19.9. The highest BCUT2D eigenvalue weighted by Gasteiger charge is 2.24. The number of para-hydroxylation sites is 1. The lowest BCUT2D eigenvalue weighted by molar-refractivity contribution is 0.0678. The first-order valence-corrected chi connectivity index (χ1v) is 12.2. The smallest absolute Gasteiger partial charge is 0.271 e. The van der Waals surface area contributed by atoms with E-state index >= 15 is 0 Å². The predicted molar refractivity (Wildman–Crippen MR) is 129 cm³/mol. The zero-order chi connectivity index (χ0) is 22.6. The fourth-order valence-electron chi connectivity index (χ4n) is 4.14. The van der Waals surface area contributed by atoms with Gasteiger partial charge in [-0.15, -0.1) is 0 Å². The number of carbonyl (C=O) groups is 1. The van der Waals surface area contributed by atoms with E-state index in [1.807, 2.05) is 35.2 Å². The molecule has 1 aromatic heterocycles. The first-order chi connectivity index (χ1) is 15.0. The Hall–Kier alpha value is -2.30. The largest absolute Gasteiger partial charge is 0.337 e. The summed E-state index contributed by atoms with van der Waals surface area (Å²) in [7, 11) is 0. The van der Waals surface area contributed by atoms with Crippen LogP contribution in [0.2, 0.25) is 0 Å². The van der Waals surface area contributed by atoms with Crippen molar-refractivity contribution in [3.8, 4) is 5.69 Å². The second kappa shape index (κ2) is 13.2. The third kappa shape index (κ3) is 7.41. The number of hydrogen-bond donors (Lipinski definition) is 1. The van der Waals surface area contributed by atoms with Gasteiger partial charge in [0.1, 0.15) is 5.69 Å². The molecule has 1 N–H and O–H groups in total. The maximum Gasteiger partial charge on any atom is 0.271 e. The van der Waals surface area contributed by atoms with Crippen LogP contribution in [0, 0.1) is 11.8 Å². The highest BCUT2D eigenvalue weighted by molar-refractivity contribution is 5.92. The van der Waals surface area contributed by atoms with Crippen molar-refractivity contribution in [3.63, 3.8) is 0 Å².